The van der Waals surface area contributed by atoms with Crippen LogP contribution in [0.25, 0.3) is 11.5 Å². The van der Waals surface area contributed by atoms with E-state index in [1.807, 2.05) is 29.2 Å². The first-order valence-corrected chi connectivity index (χ1v) is 7.53. The van der Waals surface area contributed by atoms with Gasteiger partial charge < -0.3 is 9.32 Å². The smallest absolute Gasteiger partial charge is 0.284 e. The minimum Gasteiger partial charge on any atom is -0.409 e. The Morgan fingerprint density at radius 3 is 2.81 bits per heavy atom. The minimum atomic E-state index is 0.0976. The zero-order valence-electron chi connectivity index (χ0n) is 11.8. The maximum atomic E-state index is 12.4. The molecule has 0 spiro atoms. The summed E-state index contributed by atoms with van der Waals surface area (Å²) in [7, 11) is 0. The number of hydrogen-bond acceptors (Lipinski definition) is 4. The minimum absolute atomic E-state index is 0.0976. The highest BCUT2D eigenvalue weighted by molar-refractivity contribution is 7.71. The molecule has 1 aliphatic heterocycles. The predicted molar refractivity (Wildman–Crippen MR) is 81.4 cm³/mol. The van der Waals surface area contributed by atoms with E-state index in [-0.39, 0.29) is 10.7 Å². The molecule has 2 aromatic rings. The number of H-pyrrole nitrogens is 1. The van der Waals surface area contributed by atoms with Gasteiger partial charge in [-0.15, -0.1) is 5.10 Å². The van der Waals surface area contributed by atoms with E-state index >= 15 is 0 Å². The van der Waals surface area contributed by atoms with Crippen molar-refractivity contribution in [2.75, 3.05) is 13.1 Å². The molecule has 5 nitrogen and oxygen atoms in total. The van der Waals surface area contributed by atoms with Gasteiger partial charge in [-0.3, -0.25) is 4.79 Å². The fourth-order valence-electron chi connectivity index (χ4n) is 2.64. The molecule has 110 valence electrons. The second kappa shape index (κ2) is 5.81. The molecule has 2 heterocycles. The van der Waals surface area contributed by atoms with Crippen LogP contribution in [-0.4, -0.2) is 34.1 Å². The summed E-state index contributed by atoms with van der Waals surface area (Å²) in [5, 5.41) is 6.55. The van der Waals surface area contributed by atoms with Gasteiger partial charge in [0.2, 0.25) is 5.89 Å². The van der Waals surface area contributed by atoms with Crippen molar-refractivity contribution in [1.82, 2.24) is 15.1 Å². The molecule has 1 aliphatic rings. The van der Waals surface area contributed by atoms with Gasteiger partial charge in [0, 0.05) is 24.2 Å². The van der Waals surface area contributed by atoms with Gasteiger partial charge in [0.25, 0.3) is 10.7 Å². The van der Waals surface area contributed by atoms with Crippen molar-refractivity contribution < 1.29 is 9.21 Å². The van der Waals surface area contributed by atoms with Crippen molar-refractivity contribution in [3.63, 3.8) is 0 Å². The Hall–Kier alpha value is -1.95. The van der Waals surface area contributed by atoms with Crippen molar-refractivity contribution >= 4 is 18.1 Å². The predicted octanol–water partition coefficient (Wildman–Crippen LogP) is 3.27. The van der Waals surface area contributed by atoms with Crippen LogP contribution in [0.5, 0.6) is 0 Å². The Labute approximate surface area is 128 Å². The highest BCUT2D eigenvalue weighted by Crippen LogP contribution is 2.22. The number of aromatic amines is 1. The topological polar surface area (TPSA) is 62.1 Å². The van der Waals surface area contributed by atoms with Crippen molar-refractivity contribution in [2.45, 2.75) is 19.8 Å². The largest absolute Gasteiger partial charge is 0.409 e. The number of rotatable bonds is 3. The molecule has 0 aliphatic carbocycles. The van der Waals surface area contributed by atoms with E-state index in [1.54, 1.807) is 0 Å². The number of nitrogens with one attached hydrogen (secondary N) is 1. The Kier molecular flexibility index (Phi) is 3.88. The number of carbonyl (C=O) groups excluding carboxylic acids is 1. The molecule has 1 atom stereocenters. The van der Waals surface area contributed by atoms with Gasteiger partial charge in [-0.1, -0.05) is 13.3 Å². The van der Waals surface area contributed by atoms with Crippen LogP contribution in [0.1, 0.15) is 30.1 Å². The molecule has 1 fully saturated rings. The van der Waals surface area contributed by atoms with E-state index in [0.29, 0.717) is 17.4 Å². The van der Waals surface area contributed by atoms with Crippen molar-refractivity contribution in [2.24, 2.45) is 5.92 Å². The van der Waals surface area contributed by atoms with Crippen molar-refractivity contribution in [3.8, 4) is 11.5 Å². The molecule has 3 rings (SSSR count). The molecular weight excluding hydrogens is 286 g/mol. The van der Waals surface area contributed by atoms with Gasteiger partial charge in [0.1, 0.15) is 0 Å². The van der Waals surface area contributed by atoms with Gasteiger partial charge in [-0.05, 0) is 48.8 Å². The van der Waals surface area contributed by atoms with Gasteiger partial charge >= 0.3 is 0 Å². The third-order valence-corrected chi connectivity index (χ3v) is 4.14. The lowest BCUT2D eigenvalue weighted by molar-refractivity contribution is 0.0787. The van der Waals surface area contributed by atoms with Gasteiger partial charge in [0.15, 0.2) is 0 Å². The number of hydrogen-bond donors (Lipinski definition) is 1. The van der Waals surface area contributed by atoms with E-state index in [4.69, 9.17) is 16.6 Å². The first-order valence-electron chi connectivity index (χ1n) is 7.12. The third kappa shape index (κ3) is 2.90. The maximum Gasteiger partial charge on any atom is 0.284 e. The average molecular weight is 303 g/mol. The second-order valence-corrected chi connectivity index (χ2v) is 5.68. The van der Waals surface area contributed by atoms with Crippen LogP contribution >= 0.6 is 12.2 Å². The summed E-state index contributed by atoms with van der Waals surface area (Å²) in [6.45, 7) is 3.90. The molecule has 6 heteroatoms. The number of carbonyl (C=O) groups is 1. The van der Waals surface area contributed by atoms with Crippen LogP contribution in [0.15, 0.2) is 28.7 Å². The Bertz CT molecular complexity index is 689. The molecule has 0 bridgehead atoms. The Morgan fingerprint density at radius 2 is 2.24 bits per heavy atom. The quantitative estimate of drug-likeness (QED) is 0.884. The molecular formula is C15H17N3O2S. The van der Waals surface area contributed by atoms with Gasteiger partial charge in [-0.25, -0.2) is 5.10 Å². The van der Waals surface area contributed by atoms with E-state index in [1.165, 1.54) is 0 Å². The summed E-state index contributed by atoms with van der Waals surface area (Å²) in [6.07, 6.45) is 2.24. The molecule has 1 N–H and O–H groups in total. The lowest BCUT2D eigenvalue weighted by Crippen LogP contribution is -2.28. The van der Waals surface area contributed by atoms with Crippen LogP contribution in [0, 0.1) is 10.8 Å². The molecule has 0 radical (unpaired) electrons. The first kappa shape index (κ1) is 14.0. The number of aromatic nitrogens is 2. The third-order valence-electron chi connectivity index (χ3n) is 3.97. The Balaban J connectivity index is 1.75. The van der Waals surface area contributed by atoms with E-state index < -0.39 is 0 Å². The summed E-state index contributed by atoms with van der Waals surface area (Å²) < 4.78 is 5.25. The van der Waals surface area contributed by atoms with Crippen LogP contribution in [0.3, 0.4) is 0 Å². The number of nitrogens with zero attached hydrogens (tertiary/aromatic N) is 2. The van der Waals surface area contributed by atoms with E-state index in [0.717, 1.165) is 31.5 Å². The Morgan fingerprint density at radius 1 is 1.48 bits per heavy atom. The van der Waals surface area contributed by atoms with E-state index in [9.17, 15) is 4.79 Å². The summed E-state index contributed by atoms with van der Waals surface area (Å²) in [5.74, 6) is 1.17. The molecule has 1 aromatic carbocycles. The lowest BCUT2D eigenvalue weighted by Gasteiger charge is -2.16. The molecule has 1 amide bonds. The molecule has 1 aromatic heterocycles. The molecule has 1 saturated heterocycles. The molecule has 21 heavy (non-hydrogen) atoms. The second-order valence-electron chi connectivity index (χ2n) is 5.31. The van der Waals surface area contributed by atoms with Crippen LogP contribution in [-0.2, 0) is 0 Å². The lowest BCUT2D eigenvalue weighted by atomic mass is 10.1. The van der Waals surface area contributed by atoms with Crippen molar-refractivity contribution in [1.29, 1.82) is 0 Å². The van der Waals surface area contributed by atoms with E-state index in [2.05, 4.69) is 17.1 Å². The number of benzene rings is 1. The van der Waals surface area contributed by atoms with Gasteiger partial charge in [-0.2, -0.15) is 0 Å². The summed E-state index contributed by atoms with van der Waals surface area (Å²) in [6, 6.07) is 7.28. The van der Waals surface area contributed by atoms with Crippen LogP contribution in [0.2, 0.25) is 0 Å². The number of likely N-dealkylation sites (tertiary alicyclic amines) is 1. The average Bonchev–Trinajstić information content (AvgIpc) is 3.15. The first-order chi connectivity index (χ1) is 10.2. The monoisotopic (exact) mass is 303 g/mol. The summed E-state index contributed by atoms with van der Waals surface area (Å²) >= 11 is 4.85. The SMILES string of the molecule is CCC1CCN(C(=O)c2ccc(-c3n[nH]c(=S)o3)cc2)C1. The number of amides is 1. The highest BCUT2D eigenvalue weighted by Gasteiger charge is 2.25. The zero-order chi connectivity index (χ0) is 14.8. The van der Waals surface area contributed by atoms with Crippen LogP contribution in [0.4, 0.5) is 0 Å². The molecule has 1 unspecified atom stereocenters. The fraction of sp³-hybridized carbons (Fsp3) is 0.400. The normalized spacial score (nSPS) is 18.1. The fourth-order valence-corrected chi connectivity index (χ4v) is 2.77. The molecule has 0 saturated carbocycles. The summed E-state index contributed by atoms with van der Waals surface area (Å²) in [4.78, 5) is 14.6. The zero-order valence-corrected chi connectivity index (χ0v) is 12.7. The van der Waals surface area contributed by atoms with Crippen LogP contribution < -0.4 is 0 Å². The summed E-state index contributed by atoms with van der Waals surface area (Å²) in [5.41, 5.74) is 1.50. The van der Waals surface area contributed by atoms with Gasteiger partial charge in [0.05, 0.1) is 0 Å². The van der Waals surface area contributed by atoms with Crippen molar-refractivity contribution in [3.05, 3.63) is 34.7 Å². The highest BCUT2D eigenvalue weighted by atomic mass is 32.1. The standard InChI is InChI=1S/C15H17N3O2S/c1-2-10-7-8-18(9-10)14(19)12-5-3-11(4-6-12)13-16-17-15(21)20-13/h3-6,10H,2,7-9H2,1H3,(H,17,21). The maximum absolute atomic E-state index is 12.4.